The summed E-state index contributed by atoms with van der Waals surface area (Å²) in [5.74, 6) is 1.24. The molecule has 0 spiro atoms. The van der Waals surface area contributed by atoms with Crippen LogP contribution in [0.25, 0.3) is 5.57 Å². The molecule has 1 unspecified atom stereocenters. The molecule has 0 saturated heterocycles. The highest BCUT2D eigenvalue weighted by atomic mass is 16.1. The fourth-order valence-corrected chi connectivity index (χ4v) is 5.79. The third kappa shape index (κ3) is 15.4. The van der Waals surface area contributed by atoms with E-state index in [4.69, 9.17) is 0 Å². The summed E-state index contributed by atoms with van der Waals surface area (Å²) in [6, 6.07) is 6.16. The number of Topliss-reactive ketones (excluding diaryl/α,β-unsaturated/α-hetero) is 1. The maximum absolute atomic E-state index is 12.6. The quantitative estimate of drug-likeness (QED) is 0.151. The van der Waals surface area contributed by atoms with Crippen LogP contribution in [-0.4, -0.2) is 5.78 Å². The van der Waals surface area contributed by atoms with Gasteiger partial charge in [-0.2, -0.15) is 0 Å². The summed E-state index contributed by atoms with van der Waals surface area (Å²) in [6.07, 6.45) is 21.9. The summed E-state index contributed by atoms with van der Waals surface area (Å²) in [7, 11) is 0. The SMILES string of the molecule is C=C1C=CC(C)=CC1C(=C)CC(C)=C(C)C(=C\C)/C=C(\C(C)=O)c1c(C)cccc1C.C=CCC1CCCCC1.CC.CC.CC. The van der Waals surface area contributed by atoms with Gasteiger partial charge < -0.3 is 0 Å². The molecule has 0 radical (unpaired) electrons. The smallest absolute Gasteiger partial charge is 0.160 e. The van der Waals surface area contributed by atoms with Crippen molar-refractivity contribution in [3.8, 4) is 0 Å². The minimum absolute atomic E-state index is 0.0810. The zero-order valence-electron chi connectivity index (χ0n) is 32.3. The Kier molecular flexibility index (Phi) is 25.3. The summed E-state index contributed by atoms with van der Waals surface area (Å²) in [4.78, 5) is 12.6. The van der Waals surface area contributed by atoms with Gasteiger partial charge in [-0.3, -0.25) is 4.79 Å². The molecule has 0 aliphatic heterocycles. The lowest BCUT2D eigenvalue weighted by Gasteiger charge is -2.22. The van der Waals surface area contributed by atoms with Crippen molar-refractivity contribution >= 4 is 11.4 Å². The maximum atomic E-state index is 12.6. The van der Waals surface area contributed by atoms with Gasteiger partial charge in [0.05, 0.1) is 0 Å². The fraction of sp³-hybridized carbons (Fsp3) is 0.489. The van der Waals surface area contributed by atoms with Gasteiger partial charge in [0.1, 0.15) is 0 Å². The first-order valence-corrected chi connectivity index (χ1v) is 18.0. The summed E-state index contributed by atoms with van der Waals surface area (Å²) in [6.45, 7) is 38.5. The number of allylic oxidation sites excluding steroid dienone is 13. The van der Waals surface area contributed by atoms with Gasteiger partial charge in [-0.15, -0.1) is 6.58 Å². The molecule has 1 atom stereocenters. The third-order valence-electron chi connectivity index (χ3n) is 8.36. The largest absolute Gasteiger partial charge is 0.294 e. The maximum Gasteiger partial charge on any atom is 0.160 e. The molecule has 1 aromatic carbocycles. The molecule has 0 aromatic heterocycles. The number of carbonyl (C=O) groups excluding carboxylic acids is 1. The molecule has 1 heteroatoms. The van der Waals surface area contributed by atoms with Crippen molar-refractivity contribution in [2.75, 3.05) is 0 Å². The Morgan fingerprint density at radius 3 is 1.91 bits per heavy atom. The standard InChI is InChI=1S/C30H36O.C9H16.3C2H6/c1-10-27(18-29(26(9)31)30-21(4)12-11-13-22(30)5)25(8)23(6)17-24(7)28-16-19(2)14-15-20(28)3;1-2-6-9-7-4-3-5-8-9;3*1-2/h10-16,18,28H,3,7,17H2,1-2,4-6,8-9H3;2,9H,1,3-8H2;3*1-2H3/b25-23?,27-10-,29-18+;;;;. The van der Waals surface area contributed by atoms with Crippen molar-refractivity contribution in [2.45, 2.75) is 135 Å². The molecule has 0 heterocycles. The van der Waals surface area contributed by atoms with E-state index in [1.165, 1.54) is 55.2 Å². The first-order valence-electron chi connectivity index (χ1n) is 18.0. The van der Waals surface area contributed by atoms with Gasteiger partial charge in [-0.1, -0.05) is 152 Å². The van der Waals surface area contributed by atoms with Gasteiger partial charge in [0.15, 0.2) is 5.78 Å². The van der Waals surface area contributed by atoms with E-state index in [-0.39, 0.29) is 11.7 Å². The van der Waals surface area contributed by atoms with E-state index in [2.05, 4.69) is 96.9 Å². The highest BCUT2D eigenvalue weighted by molar-refractivity contribution is 6.21. The van der Waals surface area contributed by atoms with Crippen molar-refractivity contribution in [2.24, 2.45) is 11.8 Å². The van der Waals surface area contributed by atoms with Crippen molar-refractivity contribution in [3.63, 3.8) is 0 Å². The molecular weight excluding hydrogens is 556 g/mol. The monoisotopic (exact) mass is 627 g/mol. The van der Waals surface area contributed by atoms with E-state index in [0.29, 0.717) is 0 Å². The molecule has 1 aromatic rings. The molecule has 1 saturated carbocycles. The fourth-order valence-electron chi connectivity index (χ4n) is 5.79. The summed E-state index contributed by atoms with van der Waals surface area (Å²) >= 11 is 0. The van der Waals surface area contributed by atoms with E-state index in [9.17, 15) is 4.79 Å². The highest BCUT2D eigenvalue weighted by Gasteiger charge is 2.18. The van der Waals surface area contributed by atoms with Crippen LogP contribution in [-0.2, 0) is 4.79 Å². The molecule has 1 nitrogen and oxygen atoms in total. The van der Waals surface area contributed by atoms with Crippen molar-refractivity contribution in [1.82, 2.24) is 0 Å². The molecule has 0 bridgehead atoms. The Labute approximate surface area is 286 Å². The van der Waals surface area contributed by atoms with Crippen molar-refractivity contribution in [3.05, 3.63) is 125 Å². The Bertz CT molecular complexity index is 1230. The minimum Gasteiger partial charge on any atom is -0.294 e. The molecule has 1 fully saturated rings. The first-order chi connectivity index (χ1) is 22.0. The average Bonchev–Trinajstić information content (AvgIpc) is 3.07. The third-order valence-corrected chi connectivity index (χ3v) is 8.36. The lowest BCUT2D eigenvalue weighted by Crippen LogP contribution is -2.07. The second-order valence-corrected chi connectivity index (χ2v) is 11.7. The molecule has 2 aliphatic carbocycles. The number of benzene rings is 1. The number of hydrogen-bond acceptors (Lipinski definition) is 1. The molecular formula is C45H70O. The van der Waals surface area contributed by atoms with Crippen LogP contribution in [0.1, 0.15) is 138 Å². The van der Waals surface area contributed by atoms with Gasteiger partial charge in [-0.05, 0) is 107 Å². The normalized spacial score (nSPS) is 16.8. The van der Waals surface area contributed by atoms with E-state index >= 15 is 0 Å². The predicted molar refractivity (Wildman–Crippen MR) is 211 cm³/mol. The second-order valence-electron chi connectivity index (χ2n) is 11.7. The topological polar surface area (TPSA) is 17.1 Å². The average molecular weight is 627 g/mol. The molecule has 0 N–H and O–H groups in total. The molecule has 46 heavy (non-hydrogen) atoms. The summed E-state index contributed by atoms with van der Waals surface area (Å²) in [5, 5.41) is 0. The summed E-state index contributed by atoms with van der Waals surface area (Å²) < 4.78 is 0. The molecule has 3 rings (SSSR count). The van der Waals surface area contributed by atoms with Gasteiger partial charge >= 0.3 is 0 Å². The lowest BCUT2D eigenvalue weighted by molar-refractivity contribution is -0.111. The van der Waals surface area contributed by atoms with Gasteiger partial charge in [0, 0.05) is 11.5 Å². The van der Waals surface area contributed by atoms with Gasteiger partial charge in [-0.25, -0.2) is 0 Å². The zero-order chi connectivity index (χ0) is 35.8. The van der Waals surface area contributed by atoms with Crippen LogP contribution < -0.4 is 0 Å². The lowest BCUT2D eigenvalue weighted by atomic mass is 9.83. The van der Waals surface area contributed by atoms with Crippen molar-refractivity contribution in [1.29, 1.82) is 0 Å². The zero-order valence-corrected chi connectivity index (χ0v) is 32.3. The highest BCUT2D eigenvalue weighted by Crippen LogP contribution is 2.33. The van der Waals surface area contributed by atoms with Gasteiger partial charge in [0.25, 0.3) is 0 Å². The Hall–Kier alpha value is -3.19. The predicted octanol–water partition coefficient (Wildman–Crippen LogP) is 14.4. The number of aryl methyl sites for hydroxylation is 2. The van der Waals surface area contributed by atoms with Crippen LogP contribution in [0.4, 0.5) is 0 Å². The van der Waals surface area contributed by atoms with E-state index in [1.807, 2.05) is 60.6 Å². The molecule has 0 amide bonds. The Balaban J connectivity index is 0. The van der Waals surface area contributed by atoms with E-state index < -0.39 is 0 Å². The Morgan fingerprint density at radius 2 is 1.43 bits per heavy atom. The van der Waals surface area contributed by atoms with Crippen LogP contribution >= 0.6 is 0 Å². The first kappa shape index (κ1) is 44.9. The molecule has 2 aliphatic rings. The van der Waals surface area contributed by atoms with Gasteiger partial charge in [0.2, 0.25) is 0 Å². The van der Waals surface area contributed by atoms with Crippen LogP contribution in [0.2, 0.25) is 0 Å². The number of rotatable bonds is 9. The van der Waals surface area contributed by atoms with Crippen LogP contribution in [0.5, 0.6) is 0 Å². The number of hydrogen-bond donors (Lipinski definition) is 0. The van der Waals surface area contributed by atoms with Crippen LogP contribution in [0, 0.1) is 25.7 Å². The van der Waals surface area contributed by atoms with Crippen molar-refractivity contribution < 1.29 is 4.79 Å². The van der Waals surface area contributed by atoms with E-state index in [1.54, 1.807) is 6.92 Å². The minimum atomic E-state index is 0.0810. The van der Waals surface area contributed by atoms with Crippen LogP contribution in [0.15, 0.2) is 108 Å². The number of carbonyl (C=O) groups is 1. The summed E-state index contributed by atoms with van der Waals surface area (Å²) in [5.41, 5.74) is 11.0. The second kappa shape index (κ2) is 25.9. The Morgan fingerprint density at radius 1 is 0.891 bits per heavy atom. The van der Waals surface area contributed by atoms with Crippen LogP contribution in [0.3, 0.4) is 0 Å². The van der Waals surface area contributed by atoms with E-state index in [0.717, 1.165) is 51.3 Å². The number of ketones is 1. The molecule has 256 valence electrons.